The Morgan fingerprint density at radius 3 is 2.65 bits per heavy atom. The van der Waals surface area contributed by atoms with E-state index in [1.807, 2.05) is 0 Å². The van der Waals surface area contributed by atoms with E-state index in [-0.39, 0.29) is 0 Å². The van der Waals surface area contributed by atoms with Crippen LogP contribution >= 0.6 is 0 Å². The molecule has 17 heavy (non-hydrogen) atoms. The van der Waals surface area contributed by atoms with E-state index in [2.05, 4.69) is 37.9 Å². The molecule has 0 aromatic rings. The largest absolute Gasteiger partial charge is 0.312 e. The van der Waals surface area contributed by atoms with Crippen molar-refractivity contribution in [3.8, 4) is 0 Å². The average molecular weight is 240 g/mol. The molecule has 0 bridgehead atoms. The topological polar surface area (TPSA) is 15.3 Å². The summed E-state index contributed by atoms with van der Waals surface area (Å²) in [5.74, 6) is 0.791. The van der Waals surface area contributed by atoms with Gasteiger partial charge in [-0.05, 0) is 44.7 Å². The second kappa shape index (κ2) is 8.10. The zero-order chi connectivity index (χ0) is 12.7. The van der Waals surface area contributed by atoms with Crippen LogP contribution in [0.3, 0.4) is 0 Å². The van der Waals surface area contributed by atoms with E-state index in [9.17, 15) is 0 Å². The molecule has 0 amide bonds. The first-order valence-corrected chi connectivity index (χ1v) is 7.70. The standard InChI is InChI=1S/C15H32N2/c1-5-10-16-15(13(4)6-2)12-17-11-8-9-14(17)7-3/h13-16H,5-12H2,1-4H3. The summed E-state index contributed by atoms with van der Waals surface area (Å²) >= 11 is 0. The van der Waals surface area contributed by atoms with Crippen molar-refractivity contribution in [3.63, 3.8) is 0 Å². The molecule has 102 valence electrons. The van der Waals surface area contributed by atoms with Crippen LogP contribution in [-0.4, -0.2) is 36.6 Å². The van der Waals surface area contributed by atoms with Crippen molar-refractivity contribution in [3.05, 3.63) is 0 Å². The van der Waals surface area contributed by atoms with Crippen molar-refractivity contribution < 1.29 is 0 Å². The van der Waals surface area contributed by atoms with Crippen LogP contribution < -0.4 is 5.32 Å². The third-order valence-corrected chi connectivity index (χ3v) is 4.39. The maximum atomic E-state index is 3.75. The Morgan fingerprint density at radius 1 is 1.29 bits per heavy atom. The maximum absolute atomic E-state index is 3.75. The summed E-state index contributed by atoms with van der Waals surface area (Å²) in [4.78, 5) is 2.72. The zero-order valence-corrected chi connectivity index (χ0v) is 12.3. The van der Waals surface area contributed by atoms with Gasteiger partial charge in [-0.1, -0.05) is 34.1 Å². The molecule has 1 heterocycles. The number of hydrogen-bond donors (Lipinski definition) is 1. The van der Waals surface area contributed by atoms with Crippen LogP contribution in [0.15, 0.2) is 0 Å². The summed E-state index contributed by atoms with van der Waals surface area (Å²) < 4.78 is 0. The molecule has 3 unspecified atom stereocenters. The first kappa shape index (κ1) is 15.0. The summed E-state index contributed by atoms with van der Waals surface area (Å²) in [6.07, 6.45) is 6.66. The van der Waals surface area contributed by atoms with Crippen LogP contribution in [-0.2, 0) is 0 Å². The average Bonchev–Trinajstić information content (AvgIpc) is 2.80. The molecule has 2 nitrogen and oxygen atoms in total. The van der Waals surface area contributed by atoms with Gasteiger partial charge < -0.3 is 5.32 Å². The Bertz CT molecular complexity index is 193. The Labute approximate surface area is 108 Å². The maximum Gasteiger partial charge on any atom is 0.0220 e. The summed E-state index contributed by atoms with van der Waals surface area (Å²) in [7, 11) is 0. The van der Waals surface area contributed by atoms with Gasteiger partial charge in [-0.2, -0.15) is 0 Å². The summed E-state index contributed by atoms with van der Waals surface area (Å²) in [6.45, 7) is 13.0. The van der Waals surface area contributed by atoms with Crippen molar-refractivity contribution in [2.24, 2.45) is 5.92 Å². The zero-order valence-electron chi connectivity index (χ0n) is 12.3. The predicted molar refractivity (Wildman–Crippen MR) is 76.4 cm³/mol. The first-order chi connectivity index (χ1) is 8.22. The fraction of sp³-hybridized carbons (Fsp3) is 1.00. The van der Waals surface area contributed by atoms with Crippen LogP contribution in [0.4, 0.5) is 0 Å². The fourth-order valence-electron chi connectivity index (χ4n) is 2.91. The van der Waals surface area contributed by atoms with Crippen LogP contribution in [0.25, 0.3) is 0 Å². The van der Waals surface area contributed by atoms with Crippen molar-refractivity contribution in [2.75, 3.05) is 19.6 Å². The van der Waals surface area contributed by atoms with Crippen molar-refractivity contribution >= 4 is 0 Å². The minimum Gasteiger partial charge on any atom is -0.312 e. The van der Waals surface area contributed by atoms with E-state index in [4.69, 9.17) is 0 Å². The van der Waals surface area contributed by atoms with Gasteiger partial charge in [-0.3, -0.25) is 4.90 Å². The molecule has 3 atom stereocenters. The van der Waals surface area contributed by atoms with Gasteiger partial charge in [0.1, 0.15) is 0 Å². The van der Waals surface area contributed by atoms with E-state index < -0.39 is 0 Å². The number of nitrogens with zero attached hydrogens (tertiary/aromatic N) is 1. The first-order valence-electron chi connectivity index (χ1n) is 7.70. The predicted octanol–water partition coefficient (Wildman–Crippen LogP) is 3.28. The van der Waals surface area contributed by atoms with Crippen molar-refractivity contribution in [1.29, 1.82) is 0 Å². The molecule has 1 aliphatic rings. The molecule has 0 aromatic carbocycles. The molecule has 0 aliphatic carbocycles. The highest BCUT2D eigenvalue weighted by Gasteiger charge is 2.26. The highest BCUT2D eigenvalue weighted by molar-refractivity contribution is 4.84. The Kier molecular flexibility index (Phi) is 7.14. The molecular formula is C15H32N2. The smallest absolute Gasteiger partial charge is 0.0220 e. The Balaban J connectivity index is 2.46. The second-order valence-corrected chi connectivity index (χ2v) is 5.65. The molecule has 2 heteroatoms. The van der Waals surface area contributed by atoms with E-state index in [1.54, 1.807) is 0 Å². The SMILES string of the molecule is CCCNC(CN1CCCC1CC)C(C)CC. The monoisotopic (exact) mass is 240 g/mol. The normalized spacial score (nSPS) is 25.1. The van der Waals surface area contributed by atoms with Crippen LogP contribution in [0.5, 0.6) is 0 Å². The van der Waals surface area contributed by atoms with E-state index >= 15 is 0 Å². The van der Waals surface area contributed by atoms with Gasteiger partial charge in [-0.15, -0.1) is 0 Å². The van der Waals surface area contributed by atoms with Gasteiger partial charge >= 0.3 is 0 Å². The molecule has 1 fully saturated rings. The lowest BCUT2D eigenvalue weighted by Crippen LogP contribution is -2.46. The highest BCUT2D eigenvalue weighted by Crippen LogP contribution is 2.21. The van der Waals surface area contributed by atoms with Gasteiger partial charge in [0.2, 0.25) is 0 Å². The molecular weight excluding hydrogens is 208 g/mol. The van der Waals surface area contributed by atoms with Crippen molar-refractivity contribution in [1.82, 2.24) is 10.2 Å². The molecule has 1 saturated heterocycles. The lowest BCUT2D eigenvalue weighted by molar-refractivity contribution is 0.193. The van der Waals surface area contributed by atoms with Gasteiger partial charge in [0.15, 0.2) is 0 Å². The molecule has 0 aromatic heterocycles. The summed E-state index contributed by atoms with van der Waals surface area (Å²) in [6, 6.07) is 1.54. The molecule has 1 aliphatic heterocycles. The van der Waals surface area contributed by atoms with Gasteiger partial charge in [0.25, 0.3) is 0 Å². The number of likely N-dealkylation sites (tertiary alicyclic amines) is 1. The molecule has 1 N–H and O–H groups in total. The lowest BCUT2D eigenvalue weighted by atomic mass is 9.98. The number of hydrogen-bond acceptors (Lipinski definition) is 2. The Hall–Kier alpha value is -0.0800. The molecule has 0 saturated carbocycles. The fourth-order valence-corrected chi connectivity index (χ4v) is 2.91. The number of rotatable bonds is 8. The van der Waals surface area contributed by atoms with E-state index in [0.717, 1.165) is 12.0 Å². The quantitative estimate of drug-likeness (QED) is 0.700. The van der Waals surface area contributed by atoms with Crippen molar-refractivity contribution in [2.45, 2.75) is 71.9 Å². The lowest BCUT2D eigenvalue weighted by Gasteiger charge is -2.32. The second-order valence-electron chi connectivity index (χ2n) is 5.65. The van der Waals surface area contributed by atoms with Crippen LogP contribution in [0.1, 0.15) is 59.8 Å². The molecule has 1 rings (SSSR count). The van der Waals surface area contributed by atoms with Crippen LogP contribution in [0, 0.1) is 5.92 Å². The van der Waals surface area contributed by atoms with E-state index in [1.165, 1.54) is 51.7 Å². The third kappa shape index (κ3) is 4.59. The van der Waals surface area contributed by atoms with Gasteiger partial charge in [-0.25, -0.2) is 0 Å². The minimum absolute atomic E-state index is 0.687. The molecule has 0 radical (unpaired) electrons. The third-order valence-electron chi connectivity index (χ3n) is 4.39. The number of nitrogens with one attached hydrogen (secondary N) is 1. The highest BCUT2D eigenvalue weighted by atomic mass is 15.2. The summed E-state index contributed by atoms with van der Waals surface area (Å²) in [5, 5.41) is 3.75. The van der Waals surface area contributed by atoms with E-state index in [0.29, 0.717) is 6.04 Å². The van der Waals surface area contributed by atoms with Gasteiger partial charge in [0, 0.05) is 18.6 Å². The molecule has 0 spiro atoms. The van der Waals surface area contributed by atoms with Crippen LogP contribution in [0.2, 0.25) is 0 Å². The van der Waals surface area contributed by atoms with Gasteiger partial charge in [0.05, 0.1) is 0 Å². The minimum atomic E-state index is 0.687. The Morgan fingerprint density at radius 2 is 2.06 bits per heavy atom. The summed E-state index contributed by atoms with van der Waals surface area (Å²) in [5.41, 5.74) is 0.